The van der Waals surface area contributed by atoms with E-state index < -0.39 is 0 Å². The Labute approximate surface area is 190 Å². The number of nitrogens with zero attached hydrogens (tertiary/aromatic N) is 4. The first-order chi connectivity index (χ1) is 13.5. The maximum Gasteiger partial charge on any atom is 0.244 e. The van der Waals surface area contributed by atoms with Gasteiger partial charge in [0.2, 0.25) is 17.6 Å². The van der Waals surface area contributed by atoms with Crippen molar-refractivity contribution in [1.82, 2.24) is 25.3 Å². The highest BCUT2D eigenvalue weighted by Crippen LogP contribution is 2.25. The molecule has 30 heavy (non-hydrogen) atoms. The molecular weight excluding hydrogens is 425 g/mol. The molecule has 2 unspecified atom stereocenters. The third-order valence-corrected chi connectivity index (χ3v) is 6.19. The number of piperazine rings is 1. The van der Waals surface area contributed by atoms with Crippen molar-refractivity contribution in [2.45, 2.75) is 26.8 Å². The number of rotatable bonds is 5. The lowest BCUT2D eigenvalue weighted by Gasteiger charge is -2.40. The van der Waals surface area contributed by atoms with Crippen LogP contribution in [0.5, 0.6) is 0 Å². The summed E-state index contributed by atoms with van der Waals surface area (Å²) in [6.45, 7) is 11.3. The van der Waals surface area contributed by atoms with Gasteiger partial charge in [-0.3, -0.25) is 9.69 Å². The molecule has 2 aromatic rings. The van der Waals surface area contributed by atoms with Crippen LogP contribution in [-0.4, -0.2) is 65.1 Å². The van der Waals surface area contributed by atoms with E-state index in [-0.39, 0.29) is 36.8 Å². The molecule has 9 heteroatoms. The third-order valence-electron chi connectivity index (χ3n) is 6.19. The molecule has 0 saturated carbocycles. The number of hydrogen-bond donors (Lipinski definition) is 1. The molecule has 0 aliphatic carbocycles. The first-order valence-corrected chi connectivity index (χ1v) is 10.2. The van der Waals surface area contributed by atoms with Gasteiger partial charge in [0.1, 0.15) is 0 Å². The van der Waals surface area contributed by atoms with Crippen molar-refractivity contribution in [3.05, 3.63) is 35.7 Å². The number of nitrogens with one attached hydrogen (secondary N) is 1. The van der Waals surface area contributed by atoms with E-state index in [1.807, 2.05) is 29.2 Å². The highest BCUT2D eigenvalue weighted by Gasteiger charge is 2.34. The first-order valence-electron chi connectivity index (χ1n) is 10.2. The van der Waals surface area contributed by atoms with Crippen molar-refractivity contribution in [3.63, 3.8) is 0 Å². The van der Waals surface area contributed by atoms with Gasteiger partial charge in [-0.25, -0.2) is 0 Å². The average Bonchev–Trinajstić information content (AvgIpc) is 3.16. The van der Waals surface area contributed by atoms with Gasteiger partial charge >= 0.3 is 0 Å². The summed E-state index contributed by atoms with van der Waals surface area (Å²) in [6, 6.07) is 8.16. The van der Waals surface area contributed by atoms with Crippen LogP contribution in [0.25, 0.3) is 11.4 Å². The molecule has 2 aliphatic heterocycles. The smallest absolute Gasteiger partial charge is 0.244 e. The predicted molar refractivity (Wildman–Crippen MR) is 121 cm³/mol. The fourth-order valence-corrected chi connectivity index (χ4v) is 3.86. The summed E-state index contributed by atoms with van der Waals surface area (Å²) in [4.78, 5) is 21.6. The van der Waals surface area contributed by atoms with Crippen LogP contribution in [0.2, 0.25) is 0 Å². The Kier molecular flexibility index (Phi) is 8.67. The van der Waals surface area contributed by atoms with Crippen LogP contribution >= 0.6 is 24.8 Å². The fourth-order valence-electron chi connectivity index (χ4n) is 3.86. The molecule has 1 amide bonds. The van der Waals surface area contributed by atoms with E-state index in [1.165, 1.54) is 5.56 Å². The minimum atomic E-state index is 0. The lowest BCUT2D eigenvalue weighted by molar-refractivity contribution is -0.139. The molecule has 7 nitrogen and oxygen atoms in total. The van der Waals surface area contributed by atoms with Gasteiger partial charge in [0.25, 0.3) is 0 Å². The number of carbonyl (C=O) groups is 1. The average molecular weight is 456 g/mol. The van der Waals surface area contributed by atoms with E-state index in [0.29, 0.717) is 23.5 Å². The standard InChI is InChI=1S/C21H29N5O2.2ClH/c1-14-4-6-17(7-5-14)19-23-20(28-24-19)16(3)25-8-10-26(11-9-25)21(27)15(2)18-12-22-13-18;;/h4-7,15-16,18,22H,8-13H2,1-3H3;2*1H. The lowest BCUT2D eigenvalue weighted by Crippen LogP contribution is -2.54. The normalized spacial score (nSPS) is 19.2. The number of halogens is 2. The number of amides is 1. The van der Waals surface area contributed by atoms with Gasteiger partial charge in [-0.05, 0) is 32.9 Å². The van der Waals surface area contributed by atoms with Crippen LogP contribution < -0.4 is 5.32 Å². The first kappa shape index (κ1) is 24.6. The second kappa shape index (κ2) is 10.6. The second-order valence-corrected chi connectivity index (χ2v) is 8.07. The molecule has 1 aromatic carbocycles. The minimum Gasteiger partial charge on any atom is -0.340 e. The Morgan fingerprint density at radius 2 is 1.73 bits per heavy atom. The molecule has 3 heterocycles. The van der Waals surface area contributed by atoms with Gasteiger partial charge in [-0.2, -0.15) is 4.98 Å². The highest BCUT2D eigenvalue weighted by molar-refractivity contribution is 5.85. The molecule has 166 valence electrons. The summed E-state index contributed by atoms with van der Waals surface area (Å²) in [5.41, 5.74) is 2.17. The van der Waals surface area contributed by atoms with Crippen LogP contribution in [-0.2, 0) is 4.79 Å². The number of aryl methyl sites for hydroxylation is 1. The van der Waals surface area contributed by atoms with E-state index in [1.54, 1.807) is 0 Å². The topological polar surface area (TPSA) is 74.5 Å². The zero-order valence-corrected chi connectivity index (χ0v) is 19.3. The van der Waals surface area contributed by atoms with Crippen LogP contribution in [0.1, 0.15) is 31.3 Å². The van der Waals surface area contributed by atoms with E-state index in [4.69, 9.17) is 4.52 Å². The van der Waals surface area contributed by atoms with Gasteiger partial charge in [-0.15, -0.1) is 24.8 Å². The molecular formula is C21H31Cl2N5O2. The van der Waals surface area contributed by atoms with Gasteiger partial charge < -0.3 is 14.7 Å². The number of hydrogen-bond acceptors (Lipinski definition) is 6. The van der Waals surface area contributed by atoms with Crippen molar-refractivity contribution in [1.29, 1.82) is 0 Å². The van der Waals surface area contributed by atoms with Crippen molar-refractivity contribution in [2.24, 2.45) is 11.8 Å². The van der Waals surface area contributed by atoms with Crippen LogP contribution in [0.15, 0.2) is 28.8 Å². The molecule has 2 aliphatic rings. The third kappa shape index (κ3) is 5.14. The number of benzene rings is 1. The number of carbonyl (C=O) groups excluding carboxylic acids is 1. The molecule has 0 spiro atoms. The van der Waals surface area contributed by atoms with Crippen LogP contribution in [0.3, 0.4) is 0 Å². The molecule has 2 atom stereocenters. The Morgan fingerprint density at radius 1 is 1.10 bits per heavy atom. The van der Waals surface area contributed by atoms with E-state index in [2.05, 4.69) is 41.1 Å². The highest BCUT2D eigenvalue weighted by atomic mass is 35.5. The van der Waals surface area contributed by atoms with E-state index in [0.717, 1.165) is 44.8 Å². The second-order valence-electron chi connectivity index (χ2n) is 8.07. The molecule has 0 bridgehead atoms. The predicted octanol–water partition coefficient (Wildman–Crippen LogP) is 2.95. The van der Waals surface area contributed by atoms with Gasteiger partial charge in [0.05, 0.1) is 6.04 Å². The molecule has 1 N–H and O–H groups in total. The zero-order valence-electron chi connectivity index (χ0n) is 17.7. The molecule has 2 saturated heterocycles. The van der Waals surface area contributed by atoms with Gasteiger partial charge in [0.15, 0.2) is 0 Å². The number of aromatic nitrogens is 2. The van der Waals surface area contributed by atoms with E-state index >= 15 is 0 Å². The Hall–Kier alpha value is -1.67. The fraction of sp³-hybridized carbons (Fsp3) is 0.571. The largest absolute Gasteiger partial charge is 0.340 e. The summed E-state index contributed by atoms with van der Waals surface area (Å²) in [6.07, 6.45) is 0. The molecule has 2 fully saturated rings. The summed E-state index contributed by atoms with van der Waals surface area (Å²) < 4.78 is 5.54. The summed E-state index contributed by atoms with van der Waals surface area (Å²) in [7, 11) is 0. The maximum atomic E-state index is 12.7. The minimum absolute atomic E-state index is 0. The monoisotopic (exact) mass is 455 g/mol. The van der Waals surface area contributed by atoms with Gasteiger partial charge in [0, 0.05) is 37.7 Å². The summed E-state index contributed by atoms with van der Waals surface area (Å²) in [5, 5.41) is 7.40. The SMILES string of the molecule is Cc1ccc(-c2noc(C(C)N3CCN(C(=O)C(C)C4CNC4)CC3)n2)cc1.Cl.Cl. The molecule has 1 aromatic heterocycles. The zero-order chi connectivity index (χ0) is 19.7. The summed E-state index contributed by atoms with van der Waals surface area (Å²) in [5.74, 6) is 2.14. The van der Waals surface area contributed by atoms with Crippen LogP contribution in [0, 0.1) is 18.8 Å². The maximum absolute atomic E-state index is 12.7. The Balaban J connectivity index is 0.00000160. The van der Waals surface area contributed by atoms with Crippen molar-refractivity contribution >= 4 is 30.7 Å². The van der Waals surface area contributed by atoms with Crippen molar-refractivity contribution in [2.75, 3.05) is 39.3 Å². The Bertz CT molecular complexity index is 817. The molecule has 0 radical (unpaired) electrons. The van der Waals surface area contributed by atoms with E-state index in [9.17, 15) is 4.79 Å². The van der Waals surface area contributed by atoms with Gasteiger partial charge in [-0.1, -0.05) is 41.9 Å². The van der Waals surface area contributed by atoms with Crippen molar-refractivity contribution < 1.29 is 9.32 Å². The van der Waals surface area contributed by atoms with Crippen LogP contribution in [0.4, 0.5) is 0 Å². The Morgan fingerprint density at radius 3 is 2.30 bits per heavy atom. The van der Waals surface area contributed by atoms with Crippen molar-refractivity contribution in [3.8, 4) is 11.4 Å². The molecule has 4 rings (SSSR count). The summed E-state index contributed by atoms with van der Waals surface area (Å²) >= 11 is 0. The lowest BCUT2D eigenvalue weighted by atomic mass is 9.88. The quantitative estimate of drug-likeness (QED) is 0.746.